The Bertz CT molecular complexity index is 1680. The van der Waals surface area contributed by atoms with Gasteiger partial charge in [0.15, 0.2) is 0 Å². The van der Waals surface area contributed by atoms with E-state index < -0.39 is 0 Å². The molecule has 0 unspecified atom stereocenters. The highest BCUT2D eigenvalue weighted by Gasteiger charge is 2.08. The molecule has 0 amide bonds. The van der Waals surface area contributed by atoms with E-state index in [0.29, 0.717) is 11.1 Å². The SMILES string of the molecule is Oc1ccc2ccccc2c1C=Nc1cccc2c(N=Cc3c(O)ccc4ccccc34)cccc12. The third-order valence-corrected chi connectivity index (χ3v) is 6.44. The zero-order valence-corrected chi connectivity index (χ0v) is 19.3. The Kier molecular flexibility index (Phi) is 5.39. The maximum Gasteiger partial charge on any atom is 0.124 e. The van der Waals surface area contributed by atoms with Gasteiger partial charge < -0.3 is 10.2 Å². The lowest BCUT2D eigenvalue weighted by Crippen LogP contribution is -1.87. The summed E-state index contributed by atoms with van der Waals surface area (Å²) in [4.78, 5) is 9.51. The van der Waals surface area contributed by atoms with Crippen LogP contribution < -0.4 is 0 Å². The maximum atomic E-state index is 10.5. The fraction of sp³-hybridized carbons (Fsp3) is 0. The molecule has 0 saturated carbocycles. The predicted molar refractivity (Wildman–Crippen MR) is 150 cm³/mol. The molecule has 4 nitrogen and oxygen atoms in total. The Labute approximate surface area is 208 Å². The highest BCUT2D eigenvalue weighted by molar-refractivity contribution is 6.07. The van der Waals surface area contributed by atoms with E-state index in [2.05, 4.69) is 0 Å². The summed E-state index contributed by atoms with van der Waals surface area (Å²) < 4.78 is 0. The predicted octanol–water partition coefficient (Wildman–Crippen LogP) is 8.06. The third kappa shape index (κ3) is 3.85. The van der Waals surface area contributed by atoms with E-state index >= 15 is 0 Å². The summed E-state index contributed by atoms with van der Waals surface area (Å²) in [6.07, 6.45) is 3.44. The average Bonchev–Trinajstić information content (AvgIpc) is 2.92. The lowest BCUT2D eigenvalue weighted by molar-refractivity contribution is 0.475. The molecule has 0 saturated heterocycles. The molecule has 0 heterocycles. The molecule has 0 spiro atoms. The molecule has 0 aliphatic heterocycles. The van der Waals surface area contributed by atoms with Crippen molar-refractivity contribution in [1.29, 1.82) is 0 Å². The highest BCUT2D eigenvalue weighted by atomic mass is 16.3. The number of aliphatic imine (C=N–C) groups is 2. The first kappa shape index (κ1) is 21.6. The van der Waals surface area contributed by atoms with Crippen LogP contribution in [0.3, 0.4) is 0 Å². The summed E-state index contributed by atoms with van der Waals surface area (Å²) in [6, 6.07) is 34.9. The minimum atomic E-state index is 0.192. The van der Waals surface area contributed by atoms with Crippen LogP contribution in [0.25, 0.3) is 32.3 Å². The second-order valence-corrected chi connectivity index (χ2v) is 8.60. The van der Waals surface area contributed by atoms with E-state index in [1.54, 1.807) is 24.6 Å². The summed E-state index contributed by atoms with van der Waals surface area (Å²) in [5, 5.41) is 26.9. The zero-order valence-electron chi connectivity index (χ0n) is 19.3. The maximum absolute atomic E-state index is 10.5. The number of rotatable bonds is 4. The molecular weight excluding hydrogens is 444 g/mol. The Morgan fingerprint density at radius 3 is 1.31 bits per heavy atom. The average molecular weight is 467 g/mol. The Balaban J connectivity index is 1.42. The van der Waals surface area contributed by atoms with Crippen LogP contribution in [0.5, 0.6) is 11.5 Å². The van der Waals surface area contributed by atoms with Gasteiger partial charge in [0.2, 0.25) is 0 Å². The van der Waals surface area contributed by atoms with Crippen molar-refractivity contribution in [1.82, 2.24) is 0 Å². The number of phenolic OH excluding ortho intramolecular Hbond substituents is 2. The largest absolute Gasteiger partial charge is 0.507 e. The number of hydrogen-bond donors (Lipinski definition) is 2. The van der Waals surface area contributed by atoms with E-state index in [-0.39, 0.29) is 11.5 Å². The van der Waals surface area contributed by atoms with E-state index in [4.69, 9.17) is 9.98 Å². The van der Waals surface area contributed by atoms with Crippen molar-refractivity contribution in [3.8, 4) is 11.5 Å². The highest BCUT2D eigenvalue weighted by Crippen LogP contribution is 2.34. The summed E-state index contributed by atoms with van der Waals surface area (Å²) in [6.45, 7) is 0. The van der Waals surface area contributed by atoms with E-state index in [9.17, 15) is 10.2 Å². The van der Waals surface area contributed by atoms with Gasteiger partial charge in [-0.15, -0.1) is 0 Å². The molecule has 0 aliphatic rings. The van der Waals surface area contributed by atoms with Gasteiger partial charge in [0.05, 0.1) is 11.4 Å². The van der Waals surface area contributed by atoms with Gasteiger partial charge in [-0.1, -0.05) is 84.9 Å². The van der Waals surface area contributed by atoms with Crippen molar-refractivity contribution in [2.75, 3.05) is 0 Å². The van der Waals surface area contributed by atoms with E-state index in [1.807, 2.05) is 97.1 Å². The summed E-state index contributed by atoms with van der Waals surface area (Å²) in [5.74, 6) is 0.385. The number of aromatic hydroxyl groups is 2. The van der Waals surface area contributed by atoms with Crippen LogP contribution in [-0.2, 0) is 0 Å². The van der Waals surface area contributed by atoms with Crippen molar-refractivity contribution in [3.63, 3.8) is 0 Å². The number of benzene rings is 6. The molecule has 0 aromatic heterocycles. The van der Waals surface area contributed by atoms with Crippen molar-refractivity contribution >= 4 is 56.1 Å². The fourth-order valence-corrected chi connectivity index (χ4v) is 4.61. The second-order valence-electron chi connectivity index (χ2n) is 8.60. The van der Waals surface area contributed by atoms with Crippen LogP contribution in [0.2, 0.25) is 0 Å². The molecule has 0 aliphatic carbocycles. The van der Waals surface area contributed by atoms with Crippen molar-refractivity contribution in [2.24, 2.45) is 9.98 Å². The van der Waals surface area contributed by atoms with Crippen LogP contribution in [0.4, 0.5) is 11.4 Å². The van der Waals surface area contributed by atoms with Gasteiger partial charge in [0.1, 0.15) is 11.5 Å². The van der Waals surface area contributed by atoms with Crippen molar-refractivity contribution in [2.45, 2.75) is 0 Å². The molecule has 6 aromatic carbocycles. The van der Waals surface area contributed by atoms with Gasteiger partial charge in [-0.3, -0.25) is 9.98 Å². The number of fused-ring (bicyclic) bond motifs is 3. The first-order chi connectivity index (χ1) is 17.7. The third-order valence-electron chi connectivity index (χ3n) is 6.44. The molecule has 6 aromatic rings. The molecule has 6 rings (SSSR count). The van der Waals surface area contributed by atoms with E-state index in [1.165, 1.54) is 0 Å². The van der Waals surface area contributed by atoms with Gasteiger partial charge in [0.25, 0.3) is 0 Å². The number of hydrogen-bond acceptors (Lipinski definition) is 4. The second kappa shape index (κ2) is 9.01. The van der Waals surface area contributed by atoms with Crippen LogP contribution in [0.15, 0.2) is 119 Å². The lowest BCUT2D eigenvalue weighted by atomic mass is 10.0. The lowest BCUT2D eigenvalue weighted by Gasteiger charge is -2.07. The van der Waals surface area contributed by atoms with Crippen molar-refractivity contribution < 1.29 is 10.2 Å². The fourth-order valence-electron chi connectivity index (χ4n) is 4.61. The smallest absolute Gasteiger partial charge is 0.124 e. The molecule has 0 bridgehead atoms. The first-order valence-corrected chi connectivity index (χ1v) is 11.7. The van der Waals surface area contributed by atoms with Crippen LogP contribution in [0, 0.1) is 0 Å². The van der Waals surface area contributed by atoms with Crippen LogP contribution >= 0.6 is 0 Å². The molecular formula is C32H22N2O2. The van der Waals surface area contributed by atoms with Crippen molar-refractivity contribution in [3.05, 3.63) is 120 Å². The summed E-state index contributed by atoms with van der Waals surface area (Å²) in [5.41, 5.74) is 2.94. The summed E-state index contributed by atoms with van der Waals surface area (Å²) in [7, 11) is 0. The molecule has 0 fully saturated rings. The normalized spacial score (nSPS) is 11.9. The van der Waals surface area contributed by atoms with Gasteiger partial charge in [-0.05, 0) is 45.8 Å². The summed E-state index contributed by atoms with van der Waals surface area (Å²) >= 11 is 0. The Morgan fingerprint density at radius 2 is 0.833 bits per heavy atom. The van der Waals surface area contributed by atoms with Gasteiger partial charge in [0, 0.05) is 34.3 Å². The monoisotopic (exact) mass is 466 g/mol. The molecule has 0 radical (unpaired) electrons. The molecule has 4 heteroatoms. The topological polar surface area (TPSA) is 65.2 Å². The zero-order chi connectivity index (χ0) is 24.5. The number of nitrogens with zero attached hydrogens (tertiary/aromatic N) is 2. The van der Waals surface area contributed by atoms with E-state index in [0.717, 1.165) is 43.7 Å². The van der Waals surface area contributed by atoms with Crippen LogP contribution in [-0.4, -0.2) is 22.6 Å². The van der Waals surface area contributed by atoms with Gasteiger partial charge >= 0.3 is 0 Å². The van der Waals surface area contributed by atoms with Gasteiger partial charge in [-0.2, -0.15) is 0 Å². The Morgan fingerprint density at radius 1 is 0.417 bits per heavy atom. The Hall–Kier alpha value is -4.96. The molecule has 172 valence electrons. The first-order valence-electron chi connectivity index (χ1n) is 11.7. The molecule has 2 N–H and O–H groups in total. The number of phenols is 2. The molecule has 36 heavy (non-hydrogen) atoms. The van der Waals surface area contributed by atoms with Crippen LogP contribution in [0.1, 0.15) is 11.1 Å². The van der Waals surface area contributed by atoms with Gasteiger partial charge in [-0.25, -0.2) is 0 Å². The quantitative estimate of drug-likeness (QED) is 0.258. The minimum Gasteiger partial charge on any atom is -0.507 e. The minimum absolute atomic E-state index is 0.192. The molecule has 0 atom stereocenters. The standard InChI is InChI=1S/C32H22N2O2/c35-31-17-15-21-7-1-3-9-23(21)27(31)19-33-29-13-5-12-26-25(29)11-6-14-30(26)34-20-28-24-10-4-2-8-22(24)16-18-32(28)36/h1-20,35-36H.